The average Bonchev–Trinajstić information content (AvgIpc) is 2.41. The number of halogens is 5. The second-order valence-electron chi connectivity index (χ2n) is 4.87. The van der Waals surface area contributed by atoms with E-state index in [0.717, 1.165) is 17.7 Å². The first kappa shape index (κ1) is 15.8. The molecule has 2 aromatic carbocycles. The summed E-state index contributed by atoms with van der Waals surface area (Å²) in [5.74, 6) is -0.381. The van der Waals surface area contributed by atoms with Crippen LogP contribution in [0.5, 0.6) is 0 Å². The fourth-order valence-corrected chi connectivity index (χ4v) is 2.51. The zero-order valence-corrected chi connectivity index (χ0v) is 12.0. The molecule has 112 valence electrons. The maximum absolute atomic E-state index is 13.2. The summed E-state index contributed by atoms with van der Waals surface area (Å²) in [6.45, 7) is 1.82. The fraction of sp³-hybridized carbons (Fsp3) is 0.250. The van der Waals surface area contributed by atoms with Gasteiger partial charge in [0.25, 0.3) is 0 Å². The van der Waals surface area contributed by atoms with Gasteiger partial charge in [-0.3, -0.25) is 0 Å². The topological polar surface area (TPSA) is 0 Å². The lowest BCUT2D eigenvalue weighted by atomic mass is 9.99. The van der Waals surface area contributed by atoms with Crippen molar-refractivity contribution >= 4 is 11.6 Å². The normalized spacial score (nSPS) is 13.2. The van der Waals surface area contributed by atoms with Gasteiger partial charge < -0.3 is 0 Å². The standard InChI is InChI=1S/C16H13ClF4/c1-10-2-7-13(18)9-14(10)15(17)8-11-3-5-12(6-4-11)16(19,20)21/h2-7,9,15H,8H2,1H3. The Morgan fingerprint density at radius 3 is 2.24 bits per heavy atom. The molecule has 0 heterocycles. The zero-order chi connectivity index (χ0) is 15.6. The van der Waals surface area contributed by atoms with Gasteiger partial charge in [0, 0.05) is 0 Å². The molecule has 2 aromatic rings. The minimum atomic E-state index is -4.35. The molecule has 2 rings (SSSR count). The summed E-state index contributed by atoms with van der Waals surface area (Å²) in [7, 11) is 0. The van der Waals surface area contributed by atoms with Crippen molar-refractivity contribution in [2.24, 2.45) is 0 Å². The van der Waals surface area contributed by atoms with Gasteiger partial charge in [0.05, 0.1) is 10.9 Å². The molecule has 1 atom stereocenters. The molecular formula is C16H13ClF4. The van der Waals surface area contributed by atoms with Crippen molar-refractivity contribution in [3.63, 3.8) is 0 Å². The molecular weight excluding hydrogens is 304 g/mol. The van der Waals surface area contributed by atoms with Crippen LogP contribution in [0.1, 0.15) is 27.6 Å². The van der Waals surface area contributed by atoms with Crippen LogP contribution in [0, 0.1) is 12.7 Å². The Morgan fingerprint density at radius 2 is 1.67 bits per heavy atom. The number of benzene rings is 2. The Labute approximate surface area is 125 Å². The SMILES string of the molecule is Cc1ccc(F)cc1C(Cl)Cc1ccc(C(F)(F)F)cc1. The van der Waals surface area contributed by atoms with Crippen LogP contribution in [0.2, 0.25) is 0 Å². The van der Waals surface area contributed by atoms with Gasteiger partial charge in [-0.15, -0.1) is 11.6 Å². The molecule has 0 radical (unpaired) electrons. The summed E-state index contributed by atoms with van der Waals surface area (Å²) in [5.41, 5.74) is 1.48. The quantitative estimate of drug-likeness (QED) is 0.505. The molecule has 0 aliphatic heterocycles. The van der Waals surface area contributed by atoms with Crippen LogP contribution >= 0.6 is 11.6 Å². The highest BCUT2D eigenvalue weighted by Crippen LogP contribution is 2.31. The smallest absolute Gasteiger partial charge is 0.207 e. The fourth-order valence-electron chi connectivity index (χ4n) is 2.10. The lowest BCUT2D eigenvalue weighted by Crippen LogP contribution is -2.05. The average molecular weight is 317 g/mol. The molecule has 0 bridgehead atoms. The summed E-state index contributed by atoms with van der Waals surface area (Å²) in [4.78, 5) is 0. The van der Waals surface area contributed by atoms with Crippen LogP contribution in [0.4, 0.5) is 17.6 Å². The first-order chi connectivity index (χ1) is 9.77. The van der Waals surface area contributed by atoms with E-state index in [1.165, 1.54) is 24.3 Å². The molecule has 21 heavy (non-hydrogen) atoms. The van der Waals surface area contributed by atoms with E-state index in [-0.39, 0.29) is 5.82 Å². The lowest BCUT2D eigenvalue weighted by molar-refractivity contribution is -0.137. The van der Waals surface area contributed by atoms with Crippen LogP contribution in [0.15, 0.2) is 42.5 Å². The van der Waals surface area contributed by atoms with Crippen molar-refractivity contribution in [1.82, 2.24) is 0 Å². The third kappa shape index (κ3) is 3.97. The molecule has 0 aliphatic carbocycles. The summed E-state index contributed by atoms with van der Waals surface area (Å²) >= 11 is 6.26. The molecule has 0 saturated heterocycles. The zero-order valence-electron chi connectivity index (χ0n) is 11.2. The molecule has 0 saturated carbocycles. The second kappa shape index (κ2) is 6.06. The Hall–Kier alpha value is -1.55. The van der Waals surface area contributed by atoms with E-state index in [9.17, 15) is 17.6 Å². The van der Waals surface area contributed by atoms with E-state index < -0.39 is 17.1 Å². The third-order valence-electron chi connectivity index (χ3n) is 3.27. The van der Waals surface area contributed by atoms with E-state index in [4.69, 9.17) is 11.6 Å². The molecule has 0 N–H and O–H groups in total. The maximum atomic E-state index is 13.2. The van der Waals surface area contributed by atoms with E-state index in [0.29, 0.717) is 17.5 Å². The van der Waals surface area contributed by atoms with Gasteiger partial charge in [-0.1, -0.05) is 18.2 Å². The van der Waals surface area contributed by atoms with Crippen LogP contribution in [0.3, 0.4) is 0 Å². The van der Waals surface area contributed by atoms with Crippen LogP contribution in [0.25, 0.3) is 0 Å². The minimum Gasteiger partial charge on any atom is -0.207 e. The van der Waals surface area contributed by atoms with Crippen molar-refractivity contribution in [3.05, 3.63) is 70.5 Å². The first-order valence-electron chi connectivity index (χ1n) is 6.33. The molecule has 0 amide bonds. The Morgan fingerprint density at radius 1 is 1.05 bits per heavy atom. The number of rotatable bonds is 3. The van der Waals surface area contributed by atoms with Crippen molar-refractivity contribution in [1.29, 1.82) is 0 Å². The highest BCUT2D eigenvalue weighted by molar-refractivity contribution is 6.21. The third-order valence-corrected chi connectivity index (χ3v) is 3.66. The number of aryl methyl sites for hydroxylation is 1. The number of hydrogen-bond donors (Lipinski definition) is 0. The van der Waals surface area contributed by atoms with Crippen LogP contribution in [-0.2, 0) is 12.6 Å². The summed E-state index contributed by atoms with van der Waals surface area (Å²) in [6, 6.07) is 9.18. The van der Waals surface area contributed by atoms with Crippen LogP contribution < -0.4 is 0 Å². The second-order valence-corrected chi connectivity index (χ2v) is 5.39. The summed E-state index contributed by atoms with van der Waals surface area (Å²) < 4.78 is 50.7. The molecule has 0 spiro atoms. The van der Waals surface area contributed by atoms with Crippen molar-refractivity contribution in [2.45, 2.75) is 24.9 Å². The largest absolute Gasteiger partial charge is 0.416 e. The molecule has 0 aromatic heterocycles. The number of alkyl halides is 4. The van der Waals surface area contributed by atoms with Crippen LogP contribution in [-0.4, -0.2) is 0 Å². The van der Waals surface area contributed by atoms with Gasteiger partial charge in [0.2, 0.25) is 0 Å². The highest BCUT2D eigenvalue weighted by atomic mass is 35.5. The van der Waals surface area contributed by atoms with Crippen molar-refractivity contribution in [3.8, 4) is 0 Å². The lowest BCUT2D eigenvalue weighted by Gasteiger charge is -2.14. The monoisotopic (exact) mass is 316 g/mol. The van der Waals surface area contributed by atoms with E-state index in [1.807, 2.05) is 6.92 Å². The molecule has 0 nitrogen and oxygen atoms in total. The molecule has 1 unspecified atom stereocenters. The van der Waals surface area contributed by atoms with Gasteiger partial charge in [0.1, 0.15) is 5.82 Å². The Balaban J connectivity index is 2.16. The Kier molecular flexibility index (Phi) is 4.57. The highest BCUT2D eigenvalue weighted by Gasteiger charge is 2.30. The predicted octanol–water partition coefficient (Wildman–Crippen LogP) is 5.68. The summed E-state index contributed by atoms with van der Waals surface area (Å²) in [6.07, 6.45) is -4.01. The van der Waals surface area contributed by atoms with Crippen molar-refractivity contribution in [2.75, 3.05) is 0 Å². The van der Waals surface area contributed by atoms with Gasteiger partial charge in [-0.2, -0.15) is 13.2 Å². The van der Waals surface area contributed by atoms with E-state index in [2.05, 4.69) is 0 Å². The molecule has 5 heteroatoms. The predicted molar refractivity (Wildman–Crippen MR) is 74.9 cm³/mol. The van der Waals surface area contributed by atoms with Gasteiger partial charge in [0.15, 0.2) is 0 Å². The first-order valence-corrected chi connectivity index (χ1v) is 6.77. The maximum Gasteiger partial charge on any atom is 0.416 e. The van der Waals surface area contributed by atoms with Gasteiger partial charge in [-0.25, -0.2) is 4.39 Å². The van der Waals surface area contributed by atoms with Gasteiger partial charge in [-0.05, 0) is 54.3 Å². The van der Waals surface area contributed by atoms with E-state index in [1.54, 1.807) is 6.07 Å². The minimum absolute atomic E-state index is 0.337. The molecule has 0 aliphatic rings. The van der Waals surface area contributed by atoms with E-state index >= 15 is 0 Å². The van der Waals surface area contributed by atoms with Gasteiger partial charge >= 0.3 is 6.18 Å². The Bertz CT molecular complexity index is 617. The summed E-state index contributed by atoms with van der Waals surface area (Å²) in [5, 5.41) is -0.488. The molecule has 0 fully saturated rings. The van der Waals surface area contributed by atoms with Crippen molar-refractivity contribution < 1.29 is 17.6 Å². The number of hydrogen-bond acceptors (Lipinski definition) is 0.